The number of hydrogen-bond acceptors (Lipinski definition) is 3. The summed E-state index contributed by atoms with van der Waals surface area (Å²) in [7, 11) is 0. The maximum atomic E-state index is 5.59. The first kappa shape index (κ1) is 13.8. The minimum atomic E-state index is 0.468. The van der Waals surface area contributed by atoms with Gasteiger partial charge in [0.2, 0.25) is 0 Å². The number of aromatic nitrogens is 1. The first-order valence-corrected chi connectivity index (χ1v) is 6.61. The van der Waals surface area contributed by atoms with Crippen LogP contribution in [0.4, 0.5) is 5.82 Å². The van der Waals surface area contributed by atoms with Crippen molar-refractivity contribution in [3.8, 4) is 5.75 Å². The first-order chi connectivity index (χ1) is 8.22. The second-order valence-corrected chi connectivity index (χ2v) is 4.14. The summed E-state index contributed by atoms with van der Waals surface area (Å²) in [6.07, 6.45) is 0. The summed E-state index contributed by atoms with van der Waals surface area (Å²) in [5, 5.41) is 0. The van der Waals surface area contributed by atoms with Crippen LogP contribution in [0.1, 0.15) is 46.2 Å². The Morgan fingerprint density at radius 2 is 2.06 bits per heavy atom. The van der Waals surface area contributed by atoms with Crippen LogP contribution in [0.25, 0.3) is 0 Å². The number of anilines is 1. The molecule has 1 aliphatic rings. The molecule has 0 N–H and O–H groups in total. The maximum Gasteiger partial charge on any atom is 0.171 e. The molecule has 0 aliphatic carbocycles. The highest BCUT2D eigenvalue weighted by atomic mass is 16.5. The molecule has 0 amide bonds. The molecule has 0 aromatic carbocycles. The zero-order valence-corrected chi connectivity index (χ0v) is 11.7. The monoisotopic (exact) mass is 236 g/mol. The number of pyridine rings is 1. The SMILES string of the molecule is CC.CCN1CCOc2ccc(C(C)C)nc21. The molecule has 0 spiro atoms. The Morgan fingerprint density at radius 1 is 1.35 bits per heavy atom. The second kappa shape index (κ2) is 6.48. The van der Waals surface area contributed by atoms with Crippen LogP contribution < -0.4 is 9.64 Å². The molecule has 0 saturated carbocycles. The molecule has 17 heavy (non-hydrogen) atoms. The molecule has 3 heteroatoms. The third-order valence-corrected chi connectivity index (χ3v) is 2.75. The van der Waals surface area contributed by atoms with Crippen LogP contribution in [-0.2, 0) is 0 Å². The van der Waals surface area contributed by atoms with Gasteiger partial charge in [0.15, 0.2) is 11.6 Å². The molecule has 2 rings (SSSR count). The predicted molar refractivity (Wildman–Crippen MR) is 73.1 cm³/mol. The van der Waals surface area contributed by atoms with Gasteiger partial charge in [-0.05, 0) is 25.0 Å². The minimum absolute atomic E-state index is 0.468. The lowest BCUT2D eigenvalue weighted by Crippen LogP contribution is -2.33. The van der Waals surface area contributed by atoms with Gasteiger partial charge in [-0.2, -0.15) is 0 Å². The highest BCUT2D eigenvalue weighted by molar-refractivity contribution is 5.54. The van der Waals surface area contributed by atoms with Crippen molar-refractivity contribution in [2.75, 3.05) is 24.6 Å². The Balaban J connectivity index is 0.000000686. The van der Waals surface area contributed by atoms with Crippen LogP contribution in [0.3, 0.4) is 0 Å². The molecule has 1 aliphatic heterocycles. The Kier molecular flexibility index (Phi) is 5.26. The van der Waals surface area contributed by atoms with Crippen LogP contribution in [-0.4, -0.2) is 24.7 Å². The lowest BCUT2D eigenvalue weighted by Gasteiger charge is -2.29. The third kappa shape index (κ3) is 3.11. The molecule has 0 radical (unpaired) electrons. The summed E-state index contributed by atoms with van der Waals surface area (Å²) in [4.78, 5) is 6.93. The van der Waals surface area contributed by atoms with E-state index in [1.54, 1.807) is 0 Å². The lowest BCUT2D eigenvalue weighted by molar-refractivity contribution is 0.305. The highest BCUT2D eigenvalue weighted by Gasteiger charge is 2.19. The van der Waals surface area contributed by atoms with Crippen LogP contribution in [0.2, 0.25) is 0 Å². The van der Waals surface area contributed by atoms with Crippen LogP contribution >= 0.6 is 0 Å². The normalized spacial score (nSPS) is 13.6. The summed E-state index contributed by atoms with van der Waals surface area (Å²) >= 11 is 0. The van der Waals surface area contributed by atoms with Gasteiger partial charge in [-0.25, -0.2) is 4.98 Å². The van der Waals surface area contributed by atoms with Crippen molar-refractivity contribution in [3.63, 3.8) is 0 Å². The fourth-order valence-corrected chi connectivity index (χ4v) is 1.79. The molecule has 2 heterocycles. The van der Waals surface area contributed by atoms with Gasteiger partial charge in [-0.15, -0.1) is 0 Å². The van der Waals surface area contributed by atoms with E-state index in [-0.39, 0.29) is 0 Å². The van der Waals surface area contributed by atoms with Gasteiger partial charge < -0.3 is 9.64 Å². The molecule has 3 nitrogen and oxygen atoms in total. The van der Waals surface area contributed by atoms with Crippen molar-refractivity contribution in [2.45, 2.75) is 40.5 Å². The number of hydrogen-bond donors (Lipinski definition) is 0. The third-order valence-electron chi connectivity index (χ3n) is 2.75. The Hall–Kier alpha value is -1.25. The van der Waals surface area contributed by atoms with Crippen molar-refractivity contribution in [2.24, 2.45) is 0 Å². The minimum Gasteiger partial charge on any atom is -0.488 e. The second-order valence-electron chi connectivity index (χ2n) is 4.14. The summed E-state index contributed by atoms with van der Waals surface area (Å²) in [5.41, 5.74) is 1.14. The number of nitrogens with zero attached hydrogens (tertiary/aromatic N) is 2. The molecule has 0 saturated heterocycles. The van der Waals surface area contributed by atoms with Crippen LogP contribution in [0.5, 0.6) is 5.75 Å². The number of ether oxygens (including phenoxy) is 1. The standard InChI is InChI=1S/C12H18N2O.C2H6/c1-4-14-7-8-15-11-6-5-10(9(2)3)13-12(11)14;1-2/h5-6,9H,4,7-8H2,1-3H3;1-2H3. The summed E-state index contributed by atoms with van der Waals surface area (Å²) in [5.74, 6) is 2.40. The van der Waals surface area contributed by atoms with Gasteiger partial charge in [-0.3, -0.25) is 0 Å². The predicted octanol–water partition coefficient (Wildman–Crippen LogP) is 3.45. The quantitative estimate of drug-likeness (QED) is 0.786. The molecular weight excluding hydrogens is 212 g/mol. The van der Waals surface area contributed by atoms with E-state index < -0.39 is 0 Å². The van der Waals surface area contributed by atoms with E-state index in [4.69, 9.17) is 4.74 Å². The molecule has 1 aromatic heterocycles. The van der Waals surface area contributed by atoms with E-state index in [1.165, 1.54) is 0 Å². The number of likely N-dealkylation sites (N-methyl/N-ethyl adjacent to an activating group) is 1. The molecule has 0 unspecified atom stereocenters. The van der Waals surface area contributed by atoms with Gasteiger partial charge >= 0.3 is 0 Å². The molecule has 96 valence electrons. The van der Waals surface area contributed by atoms with Crippen molar-refractivity contribution < 1.29 is 4.74 Å². The molecule has 1 aromatic rings. The summed E-state index contributed by atoms with van der Waals surface area (Å²) < 4.78 is 5.59. The molecule has 0 fully saturated rings. The van der Waals surface area contributed by atoms with E-state index in [0.717, 1.165) is 37.0 Å². The van der Waals surface area contributed by atoms with E-state index in [1.807, 2.05) is 19.9 Å². The van der Waals surface area contributed by atoms with Gasteiger partial charge in [0.05, 0.1) is 6.54 Å². The van der Waals surface area contributed by atoms with Gasteiger partial charge in [0.25, 0.3) is 0 Å². The smallest absolute Gasteiger partial charge is 0.171 e. The van der Waals surface area contributed by atoms with Crippen LogP contribution in [0.15, 0.2) is 12.1 Å². The average Bonchev–Trinajstić information content (AvgIpc) is 2.39. The van der Waals surface area contributed by atoms with Crippen molar-refractivity contribution in [1.29, 1.82) is 0 Å². The summed E-state index contributed by atoms with van der Waals surface area (Å²) in [6.45, 7) is 13.2. The van der Waals surface area contributed by atoms with Gasteiger partial charge in [0, 0.05) is 12.2 Å². The zero-order chi connectivity index (χ0) is 12.8. The van der Waals surface area contributed by atoms with Crippen molar-refractivity contribution in [1.82, 2.24) is 4.98 Å². The average molecular weight is 236 g/mol. The highest BCUT2D eigenvalue weighted by Crippen LogP contribution is 2.30. The maximum absolute atomic E-state index is 5.59. The Labute approximate surface area is 105 Å². The number of fused-ring (bicyclic) bond motifs is 1. The zero-order valence-electron chi connectivity index (χ0n) is 11.7. The van der Waals surface area contributed by atoms with Crippen molar-refractivity contribution >= 4 is 5.82 Å². The van der Waals surface area contributed by atoms with E-state index >= 15 is 0 Å². The molecule has 0 bridgehead atoms. The molecular formula is C14H24N2O. The first-order valence-electron chi connectivity index (χ1n) is 6.61. The summed E-state index contributed by atoms with van der Waals surface area (Å²) in [6, 6.07) is 4.10. The van der Waals surface area contributed by atoms with Gasteiger partial charge in [0.1, 0.15) is 6.61 Å². The van der Waals surface area contributed by atoms with Gasteiger partial charge in [-0.1, -0.05) is 27.7 Å². The number of rotatable bonds is 2. The lowest BCUT2D eigenvalue weighted by atomic mass is 10.1. The van der Waals surface area contributed by atoms with Crippen molar-refractivity contribution in [3.05, 3.63) is 17.8 Å². The largest absolute Gasteiger partial charge is 0.488 e. The van der Waals surface area contributed by atoms with E-state index in [0.29, 0.717) is 5.92 Å². The fraction of sp³-hybridized carbons (Fsp3) is 0.643. The topological polar surface area (TPSA) is 25.4 Å². The van der Waals surface area contributed by atoms with E-state index in [2.05, 4.69) is 36.7 Å². The Bertz CT molecular complexity index is 350. The Morgan fingerprint density at radius 3 is 2.65 bits per heavy atom. The van der Waals surface area contributed by atoms with E-state index in [9.17, 15) is 0 Å². The van der Waals surface area contributed by atoms with Crippen LogP contribution in [0, 0.1) is 0 Å². The molecule has 0 atom stereocenters. The fourth-order valence-electron chi connectivity index (χ4n) is 1.79.